The Morgan fingerprint density at radius 1 is 1.06 bits per heavy atom. The van der Waals surface area contributed by atoms with Crippen molar-refractivity contribution in [2.45, 2.75) is 52.0 Å². The number of carbonyl (C=O) groups is 1. The van der Waals surface area contributed by atoms with Gasteiger partial charge in [-0.3, -0.25) is 9.10 Å². The van der Waals surface area contributed by atoms with Crippen LogP contribution in [0, 0.1) is 12.8 Å². The van der Waals surface area contributed by atoms with Gasteiger partial charge in [-0.1, -0.05) is 29.8 Å². The second kappa shape index (κ2) is 8.65. The minimum Gasteiger partial charge on any atom is -0.339 e. The number of carbonyl (C=O) groups excluding carboxylic acids is 1. The van der Waals surface area contributed by atoms with Gasteiger partial charge in [0.25, 0.3) is 5.91 Å². The van der Waals surface area contributed by atoms with Crippen molar-refractivity contribution in [3.05, 3.63) is 64.7 Å². The molecule has 1 saturated heterocycles. The SMILES string of the molecule is Cc1ccc(CCC2CCN(C(=O)c3ccc4c(c3)CC(C)N4S(C)(=O)=O)CC2)cc1. The maximum Gasteiger partial charge on any atom is 0.253 e. The molecular weight excluding hydrogens is 408 g/mol. The van der Waals surface area contributed by atoms with Gasteiger partial charge in [0.1, 0.15) is 0 Å². The molecule has 0 N–H and O–H groups in total. The molecule has 31 heavy (non-hydrogen) atoms. The van der Waals surface area contributed by atoms with Crippen LogP contribution >= 0.6 is 0 Å². The van der Waals surface area contributed by atoms with Crippen LogP contribution in [0.2, 0.25) is 0 Å². The molecule has 2 aliphatic rings. The van der Waals surface area contributed by atoms with E-state index in [0.29, 0.717) is 23.6 Å². The van der Waals surface area contributed by atoms with Gasteiger partial charge in [0.05, 0.1) is 11.9 Å². The number of hydrogen-bond acceptors (Lipinski definition) is 3. The zero-order valence-electron chi connectivity index (χ0n) is 18.7. The molecule has 2 aromatic carbocycles. The van der Waals surface area contributed by atoms with Gasteiger partial charge in [0, 0.05) is 24.7 Å². The first-order valence-electron chi connectivity index (χ1n) is 11.2. The molecule has 0 radical (unpaired) electrons. The summed E-state index contributed by atoms with van der Waals surface area (Å²) in [7, 11) is -3.31. The first-order chi connectivity index (χ1) is 14.7. The van der Waals surface area contributed by atoms with Gasteiger partial charge < -0.3 is 4.90 Å². The molecular formula is C25H32N2O3S. The van der Waals surface area contributed by atoms with Gasteiger partial charge in [-0.2, -0.15) is 0 Å². The Balaban J connectivity index is 1.35. The molecule has 2 heterocycles. The third kappa shape index (κ3) is 4.79. The quantitative estimate of drug-likeness (QED) is 0.700. The van der Waals surface area contributed by atoms with Gasteiger partial charge >= 0.3 is 0 Å². The summed E-state index contributed by atoms with van der Waals surface area (Å²) in [6.45, 7) is 5.60. The molecule has 0 bridgehead atoms. The number of aryl methyl sites for hydroxylation is 2. The van der Waals surface area contributed by atoms with Crippen molar-refractivity contribution in [3.8, 4) is 0 Å². The topological polar surface area (TPSA) is 57.7 Å². The average Bonchev–Trinajstić information content (AvgIpc) is 3.08. The second-order valence-electron chi connectivity index (χ2n) is 9.22. The lowest BCUT2D eigenvalue weighted by molar-refractivity contribution is 0.0687. The summed E-state index contributed by atoms with van der Waals surface area (Å²) >= 11 is 0. The summed E-state index contributed by atoms with van der Waals surface area (Å²) in [6, 6.07) is 14.1. The highest BCUT2D eigenvalue weighted by Crippen LogP contribution is 2.35. The van der Waals surface area contributed by atoms with E-state index in [4.69, 9.17) is 0 Å². The van der Waals surface area contributed by atoms with E-state index in [9.17, 15) is 13.2 Å². The van der Waals surface area contributed by atoms with Crippen LogP contribution in [0.3, 0.4) is 0 Å². The summed E-state index contributed by atoms with van der Waals surface area (Å²) in [5, 5.41) is 0. The number of nitrogens with zero attached hydrogens (tertiary/aromatic N) is 2. The van der Waals surface area contributed by atoms with Crippen molar-refractivity contribution in [3.63, 3.8) is 0 Å². The molecule has 0 aromatic heterocycles. The number of amides is 1. The number of likely N-dealkylation sites (tertiary alicyclic amines) is 1. The van der Waals surface area contributed by atoms with Gasteiger partial charge in [0.15, 0.2) is 0 Å². The first-order valence-corrected chi connectivity index (χ1v) is 13.0. The fourth-order valence-corrected chi connectivity index (χ4v) is 6.24. The highest BCUT2D eigenvalue weighted by atomic mass is 32.2. The third-order valence-electron chi connectivity index (χ3n) is 6.70. The lowest BCUT2D eigenvalue weighted by Gasteiger charge is -2.32. The van der Waals surface area contributed by atoms with Gasteiger partial charge in [-0.15, -0.1) is 0 Å². The number of rotatable bonds is 5. The number of piperidine rings is 1. The molecule has 5 nitrogen and oxygen atoms in total. The Hall–Kier alpha value is -2.34. The molecule has 0 spiro atoms. The van der Waals surface area contributed by atoms with Gasteiger partial charge in [0.2, 0.25) is 10.0 Å². The number of sulfonamides is 1. The molecule has 0 aliphatic carbocycles. The normalized spacial score (nSPS) is 19.5. The van der Waals surface area contributed by atoms with Crippen LogP contribution in [0.25, 0.3) is 0 Å². The molecule has 1 atom stereocenters. The maximum absolute atomic E-state index is 13.1. The predicted molar refractivity (Wildman–Crippen MR) is 125 cm³/mol. The highest BCUT2D eigenvalue weighted by molar-refractivity contribution is 7.92. The largest absolute Gasteiger partial charge is 0.339 e. The Morgan fingerprint density at radius 3 is 2.39 bits per heavy atom. The smallest absolute Gasteiger partial charge is 0.253 e. The summed E-state index contributed by atoms with van der Waals surface area (Å²) in [6.07, 6.45) is 6.23. The zero-order valence-corrected chi connectivity index (χ0v) is 19.5. The van der Waals surface area contributed by atoms with Crippen molar-refractivity contribution in [1.29, 1.82) is 0 Å². The number of anilines is 1. The lowest BCUT2D eigenvalue weighted by Crippen LogP contribution is -2.38. The van der Waals surface area contributed by atoms with Crippen molar-refractivity contribution in [2.24, 2.45) is 5.92 Å². The predicted octanol–water partition coefficient (Wildman–Crippen LogP) is 4.19. The fraction of sp³-hybridized carbons (Fsp3) is 0.480. The Bertz CT molecular complexity index is 1050. The second-order valence-corrected chi connectivity index (χ2v) is 11.1. The standard InChI is InChI=1S/C25H32N2O3S/c1-18-4-6-20(7-5-18)8-9-21-12-14-26(15-13-21)25(28)22-10-11-24-23(17-22)16-19(2)27(24)31(3,29)30/h4-7,10-11,17,19,21H,8-9,12-16H2,1-3H3. The van der Waals surface area contributed by atoms with E-state index >= 15 is 0 Å². The molecule has 2 aliphatic heterocycles. The lowest BCUT2D eigenvalue weighted by atomic mass is 9.90. The maximum atomic E-state index is 13.1. The highest BCUT2D eigenvalue weighted by Gasteiger charge is 2.33. The van der Waals surface area contributed by atoms with Gasteiger partial charge in [-0.05, 0) is 81.2 Å². The number of fused-ring (bicyclic) bond motifs is 1. The van der Waals surface area contributed by atoms with Crippen LogP contribution in [-0.4, -0.2) is 44.6 Å². The van der Waals surface area contributed by atoms with E-state index in [1.165, 1.54) is 28.1 Å². The molecule has 166 valence electrons. The Morgan fingerprint density at radius 2 is 1.74 bits per heavy atom. The number of benzene rings is 2. The zero-order chi connectivity index (χ0) is 22.2. The molecule has 1 fully saturated rings. The van der Waals surface area contributed by atoms with Crippen LogP contribution < -0.4 is 4.31 Å². The monoisotopic (exact) mass is 440 g/mol. The molecule has 0 saturated carbocycles. The summed E-state index contributed by atoms with van der Waals surface area (Å²) in [5.74, 6) is 0.722. The summed E-state index contributed by atoms with van der Waals surface area (Å²) in [5.41, 5.74) is 5.00. The van der Waals surface area contributed by atoms with Crippen molar-refractivity contribution in [2.75, 3.05) is 23.7 Å². The van der Waals surface area contributed by atoms with E-state index in [2.05, 4.69) is 31.2 Å². The summed E-state index contributed by atoms with van der Waals surface area (Å²) in [4.78, 5) is 15.0. The van der Waals surface area contributed by atoms with Crippen LogP contribution in [0.15, 0.2) is 42.5 Å². The van der Waals surface area contributed by atoms with E-state index < -0.39 is 10.0 Å². The van der Waals surface area contributed by atoms with Crippen LogP contribution in [0.1, 0.15) is 53.2 Å². The van der Waals surface area contributed by atoms with E-state index in [1.54, 1.807) is 12.1 Å². The van der Waals surface area contributed by atoms with Crippen LogP contribution in [0.5, 0.6) is 0 Å². The molecule has 2 aromatic rings. The molecule has 1 amide bonds. The van der Waals surface area contributed by atoms with Gasteiger partial charge in [-0.25, -0.2) is 8.42 Å². The number of hydrogen-bond donors (Lipinski definition) is 0. The Kier molecular flexibility index (Phi) is 6.11. The fourth-order valence-electron chi connectivity index (χ4n) is 4.97. The van der Waals surface area contributed by atoms with Crippen molar-refractivity contribution in [1.82, 2.24) is 4.90 Å². The molecule has 1 unspecified atom stereocenters. The molecule has 4 rings (SSSR count). The van der Waals surface area contributed by atoms with Crippen molar-refractivity contribution < 1.29 is 13.2 Å². The van der Waals surface area contributed by atoms with E-state index in [0.717, 1.165) is 37.9 Å². The Labute approximate surface area is 186 Å². The van der Waals surface area contributed by atoms with E-state index in [-0.39, 0.29) is 11.9 Å². The average molecular weight is 441 g/mol. The molecule has 6 heteroatoms. The minimum absolute atomic E-state index is 0.0604. The van der Waals surface area contributed by atoms with Crippen LogP contribution in [0.4, 0.5) is 5.69 Å². The summed E-state index contributed by atoms with van der Waals surface area (Å²) < 4.78 is 25.7. The van der Waals surface area contributed by atoms with Crippen molar-refractivity contribution >= 4 is 21.6 Å². The van der Waals surface area contributed by atoms with Crippen LogP contribution in [-0.2, 0) is 22.9 Å². The third-order valence-corrected chi connectivity index (χ3v) is 7.97. The first kappa shape index (κ1) is 21.9. The van der Waals surface area contributed by atoms with E-state index in [1.807, 2.05) is 17.9 Å². The minimum atomic E-state index is -3.31.